The molecule has 0 aromatic rings. The van der Waals surface area contributed by atoms with Gasteiger partial charge < -0.3 is 0 Å². The molecule has 6 unspecified atom stereocenters. The summed E-state index contributed by atoms with van der Waals surface area (Å²) in [6, 6.07) is 0. The van der Waals surface area contributed by atoms with Crippen LogP contribution in [0.2, 0.25) is 0 Å². The van der Waals surface area contributed by atoms with Crippen molar-refractivity contribution in [3.63, 3.8) is 0 Å². The SMILES string of the molecule is CC.CC.CC.CC(C)CCCCC1CCC2C3CCCCCCCC(C)C3CCC12C. The first-order chi connectivity index (χ1) is 15.5. The highest BCUT2D eigenvalue weighted by molar-refractivity contribution is 5.03. The second-order valence-corrected chi connectivity index (χ2v) is 11.3. The molecule has 0 saturated heterocycles. The molecule has 0 bridgehead atoms. The summed E-state index contributed by atoms with van der Waals surface area (Å²) in [4.78, 5) is 0. The summed E-state index contributed by atoms with van der Waals surface area (Å²) in [5, 5.41) is 0. The minimum atomic E-state index is 0.697. The average Bonchev–Trinajstić information content (AvgIpc) is 3.16. The molecule has 32 heavy (non-hydrogen) atoms. The van der Waals surface area contributed by atoms with Crippen molar-refractivity contribution in [1.82, 2.24) is 0 Å². The lowest BCUT2D eigenvalue weighted by Gasteiger charge is -2.51. The van der Waals surface area contributed by atoms with Gasteiger partial charge in [-0.1, -0.05) is 127 Å². The van der Waals surface area contributed by atoms with E-state index in [0.29, 0.717) is 5.41 Å². The van der Waals surface area contributed by atoms with Crippen molar-refractivity contribution >= 4 is 0 Å². The highest BCUT2D eigenvalue weighted by Crippen LogP contribution is 2.62. The Balaban J connectivity index is 0.00000148. The molecule has 0 spiro atoms. The predicted octanol–water partition coefficient (Wildman–Crippen LogP) is 11.7. The summed E-state index contributed by atoms with van der Waals surface area (Å²) < 4.78 is 0. The van der Waals surface area contributed by atoms with E-state index in [-0.39, 0.29) is 0 Å². The zero-order valence-corrected chi connectivity index (χ0v) is 24.6. The molecule has 0 amide bonds. The van der Waals surface area contributed by atoms with Gasteiger partial charge in [0.25, 0.3) is 0 Å². The van der Waals surface area contributed by atoms with Crippen molar-refractivity contribution in [3.8, 4) is 0 Å². The number of unbranched alkanes of at least 4 members (excludes halogenated alkanes) is 1. The highest BCUT2D eigenvalue weighted by Gasteiger charge is 2.53. The Labute approximate surface area is 206 Å². The van der Waals surface area contributed by atoms with Crippen LogP contribution in [0.4, 0.5) is 0 Å². The Morgan fingerprint density at radius 1 is 0.688 bits per heavy atom. The van der Waals surface area contributed by atoms with Crippen LogP contribution < -0.4 is 0 Å². The molecule has 0 N–H and O–H groups in total. The van der Waals surface area contributed by atoms with Crippen LogP contribution in [0.1, 0.15) is 166 Å². The summed E-state index contributed by atoms with van der Waals surface area (Å²) in [5.41, 5.74) is 0.697. The van der Waals surface area contributed by atoms with Crippen LogP contribution in [0.3, 0.4) is 0 Å². The first-order valence-corrected chi connectivity index (χ1v) is 15.5. The molecule has 0 aromatic heterocycles. The van der Waals surface area contributed by atoms with Crippen molar-refractivity contribution in [1.29, 1.82) is 0 Å². The van der Waals surface area contributed by atoms with E-state index >= 15 is 0 Å². The topological polar surface area (TPSA) is 0 Å². The van der Waals surface area contributed by atoms with Crippen molar-refractivity contribution in [2.24, 2.45) is 40.9 Å². The summed E-state index contributed by atoms with van der Waals surface area (Å²) in [7, 11) is 0. The molecule has 0 aliphatic heterocycles. The van der Waals surface area contributed by atoms with Gasteiger partial charge in [-0.25, -0.2) is 0 Å². The molecule has 194 valence electrons. The predicted molar refractivity (Wildman–Crippen MR) is 149 cm³/mol. The van der Waals surface area contributed by atoms with Gasteiger partial charge in [-0.3, -0.25) is 0 Å². The molecule has 3 aliphatic rings. The monoisotopic (exact) mass is 451 g/mol. The number of rotatable bonds is 5. The van der Waals surface area contributed by atoms with E-state index in [1.807, 2.05) is 41.5 Å². The summed E-state index contributed by atoms with van der Waals surface area (Å²) >= 11 is 0. The normalized spacial score (nSPS) is 34.4. The van der Waals surface area contributed by atoms with Crippen molar-refractivity contribution in [2.75, 3.05) is 0 Å². The Kier molecular flexibility index (Phi) is 18.3. The Morgan fingerprint density at radius 3 is 1.91 bits per heavy atom. The fourth-order valence-electron chi connectivity index (χ4n) is 7.56. The van der Waals surface area contributed by atoms with Gasteiger partial charge in [0.2, 0.25) is 0 Å². The molecule has 0 aromatic carbocycles. The van der Waals surface area contributed by atoms with E-state index in [2.05, 4.69) is 27.7 Å². The molecule has 3 aliphatic carbocycles. The van der Waals surface area contributed by atoms with Crippen LogP contribution >= 0.6 is 0 Å². The van der Waals surface area contributed by atoms with Crippen LogP contribution in [0.15, 0.2) is 0 Å². The second-order valence-electron chi connectivity index (χ2n) is 11.3. The first kappa shape index (κ1) is 32.0. The quantitative estimate of drug-likeness (QED) is 0.365. The lowest BCUT2D eigenvalue weighted by Crippen LogP contribution is -2.43. The maximum absolute atomic E-state index is 2.73. The van der Waals surface area contributed by atoms with Crippen LogP contribution in [0, 0.1) is 40.9 Å². The minimum absolute atomic E-state index is 0.697. The molecule has 0 heterocycles. The maximum Gasteiger partial charge on any atom is -0.0266 e. The zero-order chi connectivity index (χ0) is 24.6. The lowest BCUT2D eigenvalue weighted by molar-refractivity contribution is -0.0167. The molecule has 3 saturated carbocycles. The third-order valence-corrected chi connectivity index (χ3v) is 9.20. The van der Waals surface area contributed by atoms with Gasteiger partial charge >= 0.3 is 0 Å². The highest BCUT2D eigenvalue weighted by atomic mass is 14.6. The van der Waals surface area contributed by atoms with Crippen molar-refractivity contribution in [2.45, 2.75) is 166 Å². The van der Waals surface area contributed by atoms with Crippen LogP contribution in [0.25, 0.3) is 0 Å². The average molecular weight is 451 g/mol. The van der Waals surface area contributed by atoms with Gasteiger partial charge in [-0.2, -0.15) is 0 Å². The smallest absolute Gasteiger partial charge is 0.0266 e. The van der Waals surface area contributed by atoms with Gasteiger partial charge in [0, 0.05) is 0 Å². The molecular formula is C32H66. The van der Waals surface area contributed by atoms with E-state index in [4.69, 9.17) is 0 Å². The number of fused-ring (bicyclic) bond motifs is 3. The van der Waals surface area contributed by atoms with E-state index in [9.17, 15) is 0 Å². The van der Waals surface area contributed by atoms with Gasteiger partial charge in [0.15, 0.2) is 0 Å². The number of hydrogen-bond donors (Lipinski definition) is 0. The first-order valence-electron chi connectivity index (χ1n) is 15.5. The molecule has 3 rings (SSSR count). The lowest BCUT2D eigenvalue weighted by atomic mass is 9.54. The molecule has 0 nitrogen and oxygen atoms in total. The fourth-order valence-corrected chi connectivity index (χ4v) is 7.56. The van der Waals surface area contributed by atoms with Gasteiger partial charge in [0.1, 0.15) is 0 Å². The largest absolute Gasteiger partial charge is 0.0683 e. The Morgan fingerprint density at radius 2 is 1.28 bits per heavy atom. The summed E-state index contributed by atoms with van der Waals surface area (Å²) in [6.07, 6.45) is 22.8. The van der Waals surface area contributed by atoms with Gasteiger partial charge in [-0.05, 0) is 79.4 Å². The Hall–Kier alpha value is 0. The maximum atomic E-state index is 2.73. The fraction of sp³-hybridized carbons (Fsp3) is 1.00. The van der Waals surface area contributed by atoms with Crippen LogP contribution in [-0.2, 0) is 0 Å². The van der Waals surface area contributed by atoms with Crippen LogP contribution in [0.5, 0.6) is 0 Å². The summed E-state index contributed by atoms with van der Waals surface area (Å²) in [6.45, 7) is 22.1. The van der Waals surface area contributed by atoms with Crippen LogP contribution in [-0.4, -0.2) is 0 Å². The summed E-state index contributed by atoms with van der Waals surface area (Å²) in [5.74, 6) is 6.13. The second kappa shape index (κ2) is 18.3. The zero-order valence-electron chi connectivity index (χ0n) is 24.6. The third kappa shape index (κ3) is 9.33. The Bertz CT molecular complexity index is 410. The molecule has 6 atom stereocenters. The van der Waals surface area contributed by atoms with E-state index in [0.717, 1.165) is 35.5 Å². The molecular weight excluding hydrogens is 384 g/mol. The van der Waals surface area contributed by atoms with Gasteiger partial charge in [-0.15, -0.1) is 0 Å². The van der Waals surface area contributed by atoms with Crippen molar-refractivity contribution in [3.05, 3.63) is 0 Å². The van der Waals surface area contributed by atoms with Crippen molar-refractivity contribution < 1.29 is 0 Å². The number of hydrogen-bond acceptors (Lipinski definition) is 0. The molecule has 3 fully saturated rings. The standard InChI is InChI=1S/C26H48.3C2H6/c1-20(2)12-10-11-14-22-16-17-25-24-15-9-7-5-6-8-13-21(3)23(24)18-19-26(22,25)4;3*1-2/h20-25H,5-19H2,1-4H3;3*1-2H3. The van der Waals surface area contributed by atoms with Gasteiger partial charge in [0.05, 0.1) is 0 Å². The minimum Gasteiger partial charge on any atom is -0.0683 e. The van der Waals surface area contributed by atoms with E-state index in [1.165, 1.54) is 64.2 Å². The van der Waals surface area contributed by atoms with E-state index < -0.39 is 0 Å². The molecule has 0 heteroatoms. The van der Waals surface area contributed by atoms with E-state index in [1.54, 1.807) is 32.1 Å². The molecule has 0 radical (unpaired) electrons. The third-order valence-electron chi connectivity index (χ3n) is 9.20.